The topological polar surface area (TPSA) is 110 Å². The van der Waals surface area contributed by atoms with Gasteiger partial charge in [0.05, 0.1) is 12.7 Å². The molecule has 2 aliphatic heterocycles. The van der Waals surface area contributed by atoms with Crippen molar-refractivity contribution >= 4 is 34.9 Å². The minimum Gasteiger partial charge on any atom is -0.392 e. The lowest BCUT2D eigenvalue weighted by molar-refractivity contribution is -0.249. The molecule has 0 radical (unpaired) electrons. The molecule has 24 heavy (non-hydrogen) atoms. The van der Waals surface area contributed by atoms with E-state index in [0.717, 1.165) is 11.5 Å². The number of carbonyl (C=O) groups is 4. The van der Waals surface area contributed by atoms with E-state index < -0.39 is 34.7 Å². The summed E-state index contributed by atoms with van der Waals surface area (Å²) in [5, 5.41) is 9.35. The number of rotatable bonds is 8. The summed E-state index contributed by atoms with van der Waals surface area (Å²) in [5.41, 5.74) is -2.03. The highest BCUT2D eigenvalue weighted by atomic mass is 32.2. The van der Waals surface area contributed by atoms with E-state index in [2.05, 4.69) is 6.58 Å². The summed E-state index contributed by atoms with van der Waals surface area (Å²) < 4.78 is 5.30. The van der Waals surface area contributed by atoms with Crippen LogP contribution in [0.15, 0.2) is 12.7 Å². The predicted octanol–water partition coefficient (Wildman–Crippen LogP) is -0.154. The number of hydroxylamine groups is 2. The van der Waals surface area contributed by atoms with Crippen LogP contribution in [0.25, 0.3) is 0 Å². The smallest absolute Gasteiger partial charge is 0.267 e. The van der Waals surface area contributed by atoms with E-state index in [0.29, 0.717) is 24.8 Å². The highest BCUT2D eigenvalue weighted by molar-refractivity contribution is 8.14. The first-order chi connectivity index (χ1) is 11.4. The van der Waals surface area contributed by atoms with E-state index in [4.69, 9.17) is 9.57 Å². The van der Waals surface area contributed by atoms with Gasteiger partial charge in [-0.15, -0.1) is 6.58 Å². The molecular weight excluding hydrogens is 338 g/mol. The maximum Gasteiger partial charge on any atom is 0.267 e. The number of thioether (sulfide) groups is 1. The number of hydrogen-bond acceptors (Lipinski definition) is 8. The van der Waals surface area contributed by atoms with E-state index in [-0.39, 0.29) is 18.0 Å². The summed E-state index contributed by atoms with van der Waals surface area (Å²) in [6, 6.07) is 0. The fourth-order valence-electron chi connectivity index (χ4n) is 2.78. The Hall–Kier alpha value is -1.55. The zero-order valence-corrected chi connectivity index (χ0v) is 14.0. The first-order valence-electron chi connectivity index (χ1n) is 7.48. The fraction of sp³-hybridized carbons (Fsp3) is 0.600. The van der Waals surface area contributed by atoms with Crippen molar-refractivity contribution in [3.05, 3.63) is 12.7 Å². The standard InChI is InChI=1S/C15H19NO7S/c1-3-6-23-16-13(21)15(9(2)18,11(19)8-17)14(16)24-12(20)10-5-4-7-22-10/h3,8-10,14,18H,1,4-7H2,2H3/t9-,10-,14-,15+/m1/s1. The van der Waals surface area contributed by atoms with Crippen LogP contribution >= 0.6 is 11.8 Å². The van der Waals surface area contributed by atoms with Gasteiger partial charge in [-0.1, -0.05) is 17.8 Å². The molecule has 1 N–H and O–H groups in total. The Morgan fingerprint density at radius 2 is 2.33 bits per heavy atom. The van der Waals surface area contributed by atoms with Crippen molar-refractivity contribution in [3.63, 3.8) is 0 Å². The molecule has 2 heterocycles. The second kappa shape index (κ2) is 7.56. The molecule has 2 aliphatic rings. The van der Waals surface area contributed by atoms with E-state index in [9.17, 15) is 24.3 Å². The van der Waals surface area contributed by atoms with Crippen molar-refractivity contribution in [2.45, 2.75) is 37.3 Å². The van der Waals surface area contributed by atoms with Gasteiger partial charge in [-0.2, -0.15) is 0 Å². The average molecular weight is 357 g/mol. The highest BCUT2D eigenvalue weighted by Gasteiger charge is 2.70. The lowest BCUT2D eigenvalue weighted by Gasteiger charge is -2.52. The fourth-order valence-corrected chi connectivity index (χ4v) is 4.19. The number of ketones is 1. The normalized spacial score (nSPS) is 30.6. The lowest BCUT2D eigenvalue weighted by Crippen LogP contribution is -2.74. The van der Waals surface area contributed by atoms with Crippen molar-refractivity contribution in [1.29, 1.82) is 0 Å². The molecule has 4 atom stereocenters. The zero-order chi connectivity index (χ0) is 17.9. The van der Waals surface area contributed by atoms with Crippen molar-refractivity contribution in [2.24, 2.45) is 5.41 Å². The predicted molar refractivity (Wildman–Crippen MR) is 83.5 cm³/mol. The van der Waals surface area contributed by atoms with E-state index in [1.165, 1.54) is 13.0 Å². The number of aliphatic hydroxyl groups is 1. The van der Waals surface area contributed by atoms with Crippen LogP contribution in [0.5, 0.6) is 0 Å². The molecule has 0 aromatic rings. The second-order valence-corrected chi connectivity index (χ2v) is 6.62. The third kappa shape index (κ3) is 2.92. The largest absolute Gasteiger partial charge is 0.392 e. The molecule has 0 spiro atoms. The summed E-state index contributed by atoms with van der Waals surface area (Å²) >= 11 is 0.667. The van der Waals surface area contributed by atoms with E-state index in [1.54, 1.807) is 0 Å². The Balaban J connectivity index is 2.28. The van der Waals surface area contributed by atoms with Crippen LogP contribution in [0.2, 0.25) is 0 Å². The highest BCUT2D eigenvalue weighted by Crippen LogP contribution is 2.49. The third-order valence-electron chi connectivity index (χ3n) is 4.08. The summed E-state index contributed by atoms with van der Waals surface area (Å²) in [7, 11) is 0. The quantitative estimate of drug-likeness (QED) is 0.210. The molecule has 1 amide bonds. The van der Waals surface area contributed by atoms with Gasteiger partial charge in [-0.05, 0) is 19.8 Å². The molecule has 0 unspecified atom stereocenters. The first kappa shape index (κ1) is 18.8. The SMILES string of the molecule is C=CCON1C(=O)[C@@](C(=O)C=O)([C@@H](C)O)[C@H]1SC(=O)[C@H]1CCCO1. The summed E-state index contributed by atoms with van der Waals surface area (Å²) in [6.45, 7) is 5.13. The average Bonchev–Trinajstić information content (AvgIpc) is 3.08. The number of β-lactam (4-membered cyclic amide) rings is 1. The number of Topliss-reactive ketones (excluding diaryl/α,β-unsaturated/α-hetero) is 1. The van der Waals surface area contributed by atoms with Crippen LogP contribution in [-0.2, 0) is 28.8 Å². The Bertz CT molecular complexity index is 558. The minimum atomic E-state index is -2.03. The maximum absolute atomic E-state index is 12.4. The number of carbonyl (C=O) groups excluding carboxylic acids is 4. The van der Waals surface area contributed by atoms with Crippen LogP contribution in [0.1, 0.15) is 19.8 Å². The minimum absolute atomic E-state index is 0.0143. The summed E-state index contributed by atoms with van der Waals surface area (Å²) in [5.74, 6) is -1.94. The zero-order valence-electron chi connectivity index (χ0n) is 13.2. The molecule has 2 fully saturated rings. The van der Waals surface area contributed by atoms with Gasteiger partial charge in [-0.3, -0.25) is 24.0 Å². The number of nitrogens with zero attached hydrogens (tertiary/aromatic N) is 1. The number of hydrogen-bond donors (Lipinski definition) is 1. The molecule has 0 aromatic carbocycles. The van der Waals surface area contributed by atoms with Gasteiger partial charge >= 0.3 is 0 Å². The second-order valence-electron chi connectivity index (χ2n) is 5.53. The number of aldehydes is 1. The van der Waals surface area contributed by atoms with Gasteiger partial charge in [0.2, 0.25) is 10.9 Å². The molecule has 9 heteroatoms. The molecule has 2 rings (SSSR count). The van der Waals surface area contributed by atoms with Crippen molar-refractivity contribution < 1.29 is 33.9 Å². The van der Waals surface area contributed by atoms with Gasteiger partial charge in [0, 0.05) is 6.61 Å². The Labute approximate surface area is 143 Å². The van der Waals surface area contributed by atoms with Crippen LogP contribution in [-0.4, -0.2) is 64.1 Å². The molecule has 8 nitrogen and oxygen atoms in total. The van der Waals surface area contributed by atoms with Gasteiger partial charge in [0.15, 0.2) is 11.7 Å². The number of ether oxygens (including phenoxy) is 1. The van der Waals surface area contributed by atoms with Crippen LogP contribution < -0.4 is 0 Å². The van der Waals surface area contributed by atoms with Gasteiger partial charge in [0.1, 0.15) is 11.5 Å². The molecule has 0 saturated carbocycles. The van der Waals surface area contributed by atoms with Gasteiger partial charge in [0.25, 0.3) is 5.91 Å². The van der Waals surface area contributed by atoms with Crippen LogP contribution in [0, 0.1) is 5.41 Å². The van der Waals surface area contributed by atoms with Crippen LogP contribution in [0.3, 0.4) is 0 Å². The maximum atomic E-state index is 12.4. The van der Waals surface area contributed by atoms with E-state index in [1.807, 2.05) is 0 Å². The number of aliphatic hydroxyl groups excluding tert-OH is 1. The monoisotopic (exact) mass is 357 g/mol. The Kier molecular flexibility index (Phi) is 5.92. The van der Waals surface area contributed by atoms with Gasteiger partial charge < -0.3 is 9.84 Å². The third-order valence-corrected chi connectivity index (χ3v) is 5.36. The lowest BCUT2D eigenvalue weighted by atomic mass is 9.72. The van der Waals surface area contributed by atoms with Crippen molar-refractivity contribution in [2.75, 3.05) is 13.2 Å². The Morgan fingerprint density at radius 1 is 1.62 bits per heavy atom. The molecule has 0 aromatic heterocycles. The van der Waals surface area contributed by atoms with Crippen molar-refractivity contribution in [3.8, 4) is 0 Å². The number of amides is 1. The summed E-state index contributed by atoms with van der Waals surface area (Å²) in [6.07, 6.45) is 0.571. The van der Waals surface area contributed by atoms with E-state index >= 15 is 0 Å². The molecular formula is C15H19NO7S. The summed E-state index contributed by atoms with van der Waals surface area (Å²) in [4.78, 5) is 53.0. The van der Waals surface area contributed by atoms with Crippen molar-refractivity contribution in [1.82, 2.24) is 5.06 Å². The van der Waals surface area contributed by atoms with Gasteiger partial charge in [-0.25, -0.2) is 5.06 Å². The Morgan fingerprint density at radius 3 is 2.83 bits per heavy atom. The molecule has 0 bridgehead atoms. The molecule has 0 aliphatic carbocycles. The first-order valence-corrected chi connectivity index (χ1v) is 8.36. The molecule has 2 saturated heterocycles. The molecule has 132 valence electrons. The van der Waals surface area contributed by atoms with Crippen LogP contribution in [0.4, 0.5) is 0 Å².